The molecule has 0 atom stereocenters. The minimum Gasteiger partial charge on any atom is -0.390 e. The van der Waals surface area contributed by atoms with Gasteiger partial charge in [-0.1, -0.05) is 26.2 Å². The summed E-state index contributed by atoms with van der Waals surface area (Å²) in [6.45, 7) is 7.35. The van der Waals surface area contributed by atoms with E-state index in [1.807, 2.05) is 13.8 Å². The Labute approximate surface area is 82.3 Å². The predicted octanol–water partition coefficient (Wildman–Crippen LogP) is 2.74. The molecule has 0 saturated heterocycles. The van der Waals surface area contributed by atoms with Crippen molar-refractivity contribution in [2.45, 2.75) is 58.5 Å². The van der Waals surface area contributed by atoms with E-state index in [0.29, 0.717) is 6.61 Å². The van der Waals surface area contributed by atoms with Crippen LogP contribution in [0.15, 0.2) is 0 Å². The molecule has 0 saturated carbocycles. The van der Waals surface area contributed by atoms with Crippen molar-refractivity contribution in [3.63, 3.8) is 0 Å². The van der Waals surface area contributed by atoms with Crippen LogP contribution < -0.4 is 0 Å². The maximum Gasteiger partial charge on any atom is 0.0613 e. The van der Waals surface area contributed by atoms with Crippen LogP contribution in [0.4, 0.5) is 0 Å². The molecule has 0 aliphatic carbocycles. The largest absolute Gasteiger partial charge is 0.390 e. The summed E-state index contributed by atoms with van der Waals surface area (Å²) in [6.07, 6.45) is 5.71. The molecule has 0 aliphatic rings. The van der Waals surface area contributed by atoms with Crippen LogP contribution in [0.3, 0.4) is 0 Å². The van der Waals surface area contributed by atoms with Crippen LogP contribution in [0.1, 0.15) is 52.9 Å². The van der Waals surface area contributed by atoms with E-state index in [9.17, 15) is 5.11 Å². The second-order valence-electron chi connectivity index (χ2n) is 4.24. The lowest BCUT2D eigenvalue weighted by molar-refractivity contribution is 0.0275. The molecule has 0 aromatic carbocycles. The molecule has 2 nitrogen and oxygen atoms in total. The first-order valence-corrected chi connectivity index (χ1v) is 5.36. The number of ether oxygens (including phenoxy) is 1. The molecule has 2 heteroatoms. The molecular formula is C11H24O2. The number of aliphatic hydroxyl groups is 1. The van der Waals surface area contributed by atoms with Gasteiger partial charge in [0.25, 0.3) is 0 Å². The summed E-state index contributed by atoms with van der Waals surface area (Å²) in [7, 11) is 0. The molecule has 1 N–H and O–H groups in total. The van der Waals surface area contributed by atoms with Crippen LogP contribution in [-0.2, 0) is 4.74 Å². The van der Waals surface area contributed by atoms with Gasteiger partial charge in [-0.05, 0) is 26.7 Å². The fourth-order valence-corrected chi connectivity index (χ4v) is 1.05. The van der Waals surface area contributed by atoms with Gasteiger partial charge in [-0.15, -0.1) is 0 Å². The first-order chi connectivity index (χ1) is 6.06. The fraction of sp³-hybridized carbons (Fsp3) is 1.00. The topological polar surface area (TPSA) is 29.5 Å². The second-order valence-corrected chi connectivity index (χ2v) is 4.24. The zero-order valence-electron chi connectivity index (χ0n) is 9.31. The quantitative estimate of drug-likeness (QED) is 0.593. The first kappa shape index (κ1) is 12.9. The van der Waals surface area contributed by atoms with E-state index in [2.05, 4.69) is 6.92 Å². The second kappa shape index (κ2) is 7.34. The van der Waals surface area contributed by atoms with E-state index < -0.39 is 5.60 Å². The third-order valence-corrected chi connectivity index (χ3v) is 2.00. The van der Waals surface area contributed by atoms with Crippen LogP contribution >= 0.6 is 0 Å². The minimum atomic E-state index is -0.580. The van der Waals surface area contributed by atoms with Gasteiger partial charge in [-0.2, -0.15) is 0 Å². The Morgan fingerprint density at radius 2 is 1.77 bits per heavy atom. The zero-order chi connectivity index (χ0) is 10.2. The summed E-state index contributed by atoms with van der Waals surface area (Å²) in [5.74, 6) is 0. The number of hydrogen-bond donors (Lipinski definition) is 1. The number of unbranched alkanes of at least 4 members (excludes halogenated alkanes) is 3. The highest BCUT2D eigenvalue weighted by molar-refractivity contribution is 4.63. The Bertz CT molecular complexity index is 105. The van der Waals surface area contributed by atoms with Crippen molar-refractivity contribution in [1.29, 1.82) is 0 Å². The molecule has 0 spiro atoms. The monoisotopic (exact) mass is 188 g/mol. The lowest BCUT2D eigenvalue weighted by Crippen LogP contribution is -2.21. The molecule has 0 aromatic heterocycles. The standard InChI is InChI=1S/C11H24O2/c1-4-5-6-7-9-13-10-8-11(2,3)12/h12H,4-10H2,1-3H3. The molecule has 13 heavy (non-hydrogen) atoms. The average molecular weight is 188 g/mol. The van der Waals surface area contributed by atoms with Crippen molar-refractivity contribution < 1.29 is 9.84 Å². The van der Waals surface area contributed by atoms with Crippen molar-refractivity contribution in [1.82, 2.24) is 0 Å². The molecule has 0 aromatic rings. The predicted molar refractivity (Wildman–Crippen MR) is 55.9 cm³/mol. The lowest BCUT2D eigenvalue weighted by Gasteiger charge is -2.16. The van der Waals surface area contributed by atoms with Gasteiger partial charge in [0.1, 0.15) is 0 Å². The van der Waals surface area contributed by atoms with Gasteiger partial charge in [0, 0.05) is 13.2 Å². The van der Waals surface area contributed by atoms with Crippen molar-refractivity contribution in [2.24, 2.45) is 0 Å². The van der Waals surface area contributed by atoms with Gasteiger partial charge in [0.15, 0.2) is 0 Å². The summed E-state index contributed by atoms with van der Waals surface area (Å²) in [4.78, 5) is 0. The van der Waals surface area contributed by atoms with E-state index in [1.54, 1.807) is 0 Å². The first-order valence-electron chi connectivity index (χ1n) is 5.36. The zero-order valence-corrected chi connectivity index (χ0v) is 9.31. The molecule has 0 aliphatic heterocycles. The summed E-state index contributed by atoms with van der Waals surface area (Å²) in [5, 5.41) is 9.38. The summed E-state index contributed by atoms with van der Waals surface area (Å²) in [5.41, 5.74) is -0.580. The third-order valence-electron chi connectivity index (χ3n) is 2.00. The molecular weight excluding hydrogens is 164 g/mol. The van der Waals surface area contributed by atoms with E-state index in [1.165, 1.54) is 19.3 Å². The lowest BCUT2D eigenvalue weighted by atomic mass is 10.1. The molecule has 0 rings (SSSR count). The molecule has 0 amide bonds. The van der Waals surface area contributed by atoms with Crippen LogP contribution in [0, 0.1) is 0 Å². The Morgan fingerprint density at radius 3 is 2.31 bits per heavy atom. The van der Waals surface area contributed by atoms with Crippen LogP contribution in [0.25, 0.3) is 0 Å². The van der Waals surface area contributed by atoms with Gasteiger partial charge >= 0.3 is 0 Å². The summed E-state index contributed by atoms with van der Waals surface area (Å²) in [6, 6.07) is 0. The fourth-order valence-electron chi connectivity index (χ4n) is 1.05. The van der Waals surface area contributed by atoms with E-state index in [4.69, 9.17) is 4.74 Å². The Kier molecular flexibility index (Phi) is 7.29. The average Bonchev–Trinajstić information content (AvgIpc) is 2.01. The van der Waals surface area contributed by atoms with E-state index in [-0.39, 0.29) is 0 Å². The van der Waals surface area contributed by atoms with Gasteiger partial charge < -0.3 is 9.84 Å². The van der Waals surface area contributed by atoms with Crippen molar-refractivity contribution >= 4 is 0 Å². The highest BCUT2D eigenvalue weighted by Crippen LogP contribution is 2.07. The molecule has 0 fully saturated rings. The van der Waals surface area contributed by atoms with E-state index in [0.717, 1.165) is 19.4 Å². The van der Waals surface area contributed by atoms with Gasteiger partial charge in [0.2, 0.25) is 0 Å². The Balaban J connectivity index is 3.00. The summed E-state index contributed by atoms with van der Waals surface area (Å²) >= 11 is 0. The Morgan fingerprint density at radius 1 is 1.08 bits per heavy atom. The van der Waals surface area contributed by atoms with Crippen LogP contribution in [-0.4, -0.2) is 23.9 Å². The third kappa shape index (κ3) is 11.9. The molecule has 0 unspecified atom stereocenters. The minimum absolute atomic E-state index is 0.580. The normalized spacial score (nSPS) is 12.0. The maximum atomic E-state index is 9.38. The van der Waals surface area contributed by atoms with Crippen molar-refractivity contribution in [2.75, 3.05) is 13.2 Å². The van der Waals surface area contributed by atoms with Gasteiger partial charge in [0.05, 0.1) is 5.60 Å². The Hall–Kier alpha value is -0.0800. The van der Waals surface area contributed by atoms with Crippen molar-refractivity contribution in [3.8, 4) is 0 Å². The van der Waals surface area contributed by atoms with Gasteiger partial charge in [-0.25, -0.2) is 0 Å². The maximum absolute atomic E-state index is 9.38. The molecule has 0 radical (unpaired) electrons. The van der Waals surface area contributed by atoms with Crippen LogP contribution in [0.2, 0.25) is 0 Å². The van der Waals surface area contributed by atoms with Crippen molar-refractivity contribution in [3.05, 3.63) is 0 Å². The molecule has 0 heterocycles. The number of hydrogen-bond acceptors (Lipinski definition) is 2. The highest BCUT2D eigenvalue weighted by Gasteiger charge is 2.10. The van der Waals surface area contributed by atoms with E-state index >= 15 is 0 Å². The SMILES string of the molecule is CCCCCCOCCC(C)(C)O. The number of rotatable bonds is 8. The summed E-state index contributed by atoms with van der Waals surface area (Å²) < 4.78 is 5.40. The smallest absolute Gasteiger partial charge is 0.0613 e. The van der Waals surface area contributed by atoms with Crippen LogP contribution in [0.5, 0.6) is 0 Å². The molecule has 80 valence electrons. The molecule has 0 bridgehead atoms. The highest BCUT2D eigenvalue weighted by atomic mass is 16.5. The van der Waals surface area contributed by atoms with Gasteiger partial charge in [-0.3, -0.25) is 0 Å².